The highest BCUT2D eigenvalue weighted by atomic mass is 16.6. The first-order valence-electron chi connectivity index (χ1n) is 10.6. The molecule has 3 rings (SSSR count). The van der Waals surface area contributed by atoms with Gasteiger partial charge in [0, 0.05) is 6.08 Å². The van der Waals surface area contributed by atoms with Crippen molar-refractivity contribution < 1.29 is 33.3 Å². The average Bonchev–Trinajstić information content (AvgIpc) is 2.89. The Balaban J connectivity index is 1.46. The molecule has 7 nitrogen and oxygen atoms in total. The maximum absolute atomic E-state index is 12.5. The Bertz CT molecular complexity index is 1120. The Morgan fingerprint density at radius 2 is 1.12 bits per heavy atom. The van der Waals surface area contributed by atoms with Crippen molar-refractivity contribution in [3.05, 3.63) is 103 Å². The molecule has 0 aliphatic rings. The molecule has 0 bridgehead atoms. The van der Waals surface area contributed by atoms with Gasteiger partial charge in [0.1, 0.15) is 32.2 Å². The first-order valence-corrected chi connectivity index (χ1v) is 10.6. The molecular formula is C27H24O7. The molecule has 0 fully saturated rings. The zero-order valence-corrected chi connectivity index (χ0v) is 18.5. The van der Waals surface area contributed by atoms with E-state index in [1.54, 1.807) is 12.1 Å². The van der Waals surface area contributed by atoms with Gasteiger partial charge in [-0.15, -0.1) is 0 Å². The van der Waals surface area contributed by atoms with Crippen molar-refractivity contribution in [2.75, 3.05) is 26.4 Å². The van der Waals surface area contributed by atoms with Crippen LogP contribution in [0.4, 0.5) is 0 Å². The summed E-state index contributed by atoms with van der Waals surface area (Å²) in [4.78, 5) is 35.8. The van der Waals surface area contributed by atoms with Crippen LogP contribution >= 0.6 is 0 Å². The van der Waals surface area contributed by atoms with E-state index in [1.165, 1.54) is 12.1 Å². The summed E-state index contributed by atoms with van der Waals surface area (Å²) in [6.45, 7) is 3.15. The fraction of sp³-hybridized carbons (Fsp3) is 0.148. The molecule has 0 saturated carbocycles. The Morgan fingerprint density at radius 3 is 1.71 bits per heavy atom. The first-order chi connectivity index (χ1) is 16.6. The Labute approximate surface area is 197 Å². The highest BCUT2D eigenvalue weighted by Gasteiger charge is 2.19. The predicted molar refractivity (Wildman–Crippen MR) is 126 cm³/mol. The molecule has 0 aliphatic heterocycles. The van der Waals surface area contributed by atoms with Crippen molar-refractivity contribution in [2.45, 2.75) is 0 Å². The van der Waals surface area contributed by atoms with Gasteiger partial charge in [-0.2, -0.15) is 0 Å². The third-order valence-electron chi connectivity index (χ3n) is 4.64. The van der Waals surface area contributed by atoms with E-state index in [0.717, 1.165) is 17.2 Å². The smallest absolute Gasteiger partial charge is 0.339 e. The van der Waals surface area contributed by atoms with Crippen LogP contribution in [0.3, 0.4) is 0 Å². The van der Waals surface area contributed by atoms with E-state index >= 15 is 0 Å². The summed E-state index contributed by atoms with van der Waals surface area (Å²) in [7, 11) is 0. The summed E-state index contributed by atoms with van der Waals surface area (Å²) in [5, 5.41) is 0. The average molecular weight is 460 g/mol. The maximum Gasteiger partial charge on any atom is 0.339 e. The van der Waals surface area contributed by atoms with Crippen molar-refractivity contribution in [3.63, 3.8) is 0 Å². The first kappa shape index (κ1) is 24.3. The molecular weight excluding hydrogens is 436 g/mol. The number of carbonyl (C=O) groups is 3. The molecule has 3 aromatic rings. The topological polar surface area (TPSA) is 88.1 Å². The van der Waals surface area contributed by atoms with E-state index in [1.807, 2.05) is 54.6 Å². The second-order valence-corrected chi connectivity index (χ2v) is 6.93. The van der Waals surface area contributed by atoms with Crippen LogP contribution in [0.15, 0.2) is 91.5 Å². The molecule has 34 heavy (non-hydrogen) atoms. The number of rotatable bonds is 11. The number of ether oxygens (including phenoxy) is 4. The summed E-state index contributed by atoms with van der Waals surface area (Å²) in [5.41, 5.74) is 2.31. The Hall–Kier alpha value is -4.39. The van der Waals surface area contributed by atoms with Crippen LogP contribution in [-0.4, -0.2) is 44.3 Å². The van der Waals surface area contributed by atoms with Gasteiger partial charge < -0.3 is 18.9 Å². The van der Waals surface area contributed by atoms with Gasteiger partial charge in [0.05, 0.1) is 11.1 Å². The molecule has 0 saturated heterocycles. The number of esters is 3. The number of hydrogen-bond acceptors (Lipinski definition) is 7. The lowest BCUT2D eigenvalue weighted by atomic mass is 10.1. The molecule has 0 spiro atoms. The fourth-order valence-corrected chi connectivity index (χ4v) is 3.00. The van der Waals surface area contributed by atoms with Crippen LogP contribution in [0, 0.1) is 0 Å². The van der Waals surface area contributed by atoms with Crippen molar-refractivity contribution in [3.8, 4) is 16.9 Å². The van der Waals surface area contributed by atoms with Crippen LogP contribution in [0.5, 0.6) is 5.75 Å². The lowest BCUT2D eigenvalue weighted by molar-refractivity contribution is -0.138. The quantitative estimate of drug-likeness (QED) is 0.180. The van der Waals surface area contributed by atoms with Gasteiger partial charge in [-0.3, -0.25) is 0 Å². The van der Waals surface area contributed by atoms with Crippen LogP contribution in [0.2, 0.25) is 0 Å². The lowest BCUT2D eigenvalue weighted by Crippen LogP contribution is -2.18. The molecule has 3 aromatic carbocycles. The van der Waals surface area contributed by atoms with Crippen LogP contribution in [0.1, 0.15) is 20.7 Å². The van der Waals surface area contributed by atoms with Crippen LogP contribution in [0.25, 0.3) is 11.1 Å². The Morgan fingerprint density at radius 1 is 0.618 bits per heavy atom. The molecule has 0 amide bonds. The molecule has 0 heterocycles. The van der Waals surface area contributed by atoms with Crippen molar-refractivity contribution in [2.24, 2.45) is 0 Å². The monoisotopic (exact) mass is 460 g/mol. The molecule has 0 aromatic heterocycles. The minimum absolute atomic E-state index is 0.000156. The van der Waals surface area contributed by atoms with E-state index in [0.29, 0.717) is 5.75 Å². The van der Waals surface area contributed by atoms with E-state index in [9.17, 15) is 14.4 Å². The zero-order valence-electron chi connectivity index (χ0n) is 18.5. The molecule has 174 valence electrons. The molecule has 0 unspecified atom stereocenters. The van der Waals surface area contributed by atoms with Crippen molar-refractivity contribution in [1.82, 2.24) is 0 Å². The van der Waals surface area contributed by atoms with Crippen LogP contribution < -0.4 is 4.74 Å². The summed E-state index contributed by atoms with van der Waals surface area (Å²) in [6.07, 6.45) is 1.01. The van der Waals surface area contributed by atoms with E-state index in [4.69, 9.17) is 18.9 Å². The number of carbonyl (C=O) groups excluding carboxylic acids is 3. The molecule has 0 radical (unpaired) electrons. The van der Waals surface area contributed by atoms with Crippen LogP contribution in [-0.2, 0) is 19.0 Å². The minimum Gasteiger partial charge on any atom is -0.490 e. The van der Waals surface area contributed by atoms with Gasteiger partial charge in [-0.25, -0.2) is 14.4 Å². The van der Waals surface area contributed by atoms with E-state index in [2.05, 4.69) is 6.58 Å². The summed E-state index contributed by atoms with van der Waals surface area (Å²) in [5.74, 6) is -1.36. The van der Waals surface area contributed by atoms with Crippen molar-refractivity contribution >= 4 is 17.9 Å². The summed E-state index contributed by atoms with van der Waals surface area (Å²) < 4.78 is 20.7. The van der Waals surface area contributed by atoms with Gasteiger partial charge in [0.2, 0.25) is 0 Å². The third kappa shape index (κ3) is 7.06. The van der Waals surface area contributed by atoms with Gasteiger partial charge >= 0.3 is 17.9 Å². The Kier molecular flexibility index (Phi) is 8.99. The molecule has 7 heteroatoms. The molecule has 0 atom stereocenters. The minimum atomic E-state index is -0.725. The van der Waals surface area contributed by atoms with Gasteiger partial charge in [0.25, 0.3) is 0 Å². The summed E-state index contributed by atoms with van der Waals surface area (Å²) in [6, 6.07) is 23.7. The summed E-state index contributed by atoms with van der Waals surface area (Å²) >= 11 is 0. The highest BCUT2D eigenvalue weighted by Crippen LogP contribution is 2.22. The second-order valence-electron chi connectivity index (χ2n) is 6.93. The normalized spacial score (nSPS) is 10.1. The maximum atomic E-state index is 12.5. The molecule has 0 N–H and O–H groups in total. The van der Waals surface area contributed by atoms with Crippen molar-refractivity contribution in [1.29, 1.82) is 0 Å². The standard InChI is InChI=1S/C27H24O7/c1-2-25(28)32-17-19-34-27(30)24-11-7-6-10-23(24)26(29)33-18-16-31-22-14-12-21(13-15-22)20-8-4-3-5-9-20/h2-15H,1,16-19H2. The SMILES string of the molecule is C=CC(=O)OCCOC(=O)c1ccccc1C(=O)OCCOc1ccc(-c2ccccc2)cc1. The second kappa shape index (κ2) is 12.6. The van der Waals surface area contributed by atoms with E-state index < -0.39 is 17.9 Å². The highest BCUT2D eigenvalue weighted by molar-refractivity contribution is 6.03. The van der Waals surface area contributed by atoms with Gasteiger partial charge in [-0.05, 0) is 35.4 Å². The number of benzene rings is 3. The van der Waals surface area contributed by atoms with Gasteiger partial charge in [0.15, 0.2) is 0 Å². The van der Waals surface area contributed by atoms with Gasteiger partial charge in [-0.1, -0.05) is 61.2 Å². The van der Waals surface area contributed by atoms with E-state index in [-0.39, 0.29) is 37.6 Å². The number of hydrogen-bond donors (Lipinski definition) is 0. The zero-order chi connectivity index (χ0) is 24.2. The largest absolute Gasteiger partial charge is 0.490 e. The third-order valence-corrected chi connectivity index (χ3v) is 4.64. The lowest BCUT2D eigenvalue weighted by Gasteiger charge is -2.11. The fourth-order valence-electron chi connectivity index (χ4n) is 3.00. The predicted octanol–water partition coefficient (Wildman–Crippen LogP) is 4.48. The molecule has 0 aliphatic carbocycles.